The van der Waals surface area contributed by atoms with Crippen LogP contribution in [0.3, 0.4) is 0 Å². The molecule has 0 radical (unpaired) electrons. The number of rotatable bonds is 5. The molecule has 0 bridgehead atoms. The van der Waals surface area contributed by atoms with Crippen LogP contribution in [-0.4, -0.2) is 27.9 Å². The molecule has 1 amide bonds. The highest BCUT2D eigenvalue weighted by Gasteiger charge is 2.09. The smallest absolute Gasteiger partial charge is 0.408 e. The zero-order chi connectivity index (χ0) is 21.3. The number of aromatic amines is 1. The summed E-state index contributed by atoms with van der Waals surface area (Å²) in [7, 11) is 1.72. The van der Waals surface area contributed by atoms with Crippen molar-refractivity contribution in [3.8, 4) is 0 Å². The minimum Gasteiger partial charge on any atom is -0.408 e. The number of nitrogens with zero attached hydrogens (tertiary/aromatic N) is 3. The van der Waals surface area contributed by atoms with Crippen molar-refractivity contribution in [2.45, 2.75) is 13.8 Å². The first-order valence-corrected chi connectivity index (χ1v) is 9.24. The molecule has 0 saturated heterocycles. The molecule has 30 heavy (non-hydrogen) atoms. The second-order valence-corrected chi connectivity index (χ2v) is 6.83. The van der Waals surface area contributed by atoms with E-state index in [1.165, 1.54) is 6.92 Å². The lowest BCUT2D eigenvalue weighted by molar-refractivity contribution is -0.116. The number of hydrogen-bond acceptors (Lipinski definition) is 7. The first-order valence-electron chi connectivity index (χ1n) is 9.24. The molecule has 9 heteroatoms. The van der Waals surface area contributed by atoms with Crippen LogP contribution >= 0.6 is 0 Å². The summed E-state index contributed by atoms with van der Waals surface area (Å²) in [6, 6.07) is 12.7. The van der Waals surface area contributed by atoms with Gasteiger partial charge >= 0.3 is 5.76 Å². The molecule has 0 aliphatic rings. The lowest BCUT2D eigenvalue weighted by atomic mass is 10.2. The summed E-state index contributed by atoms with van der Waals surface area (Å²) >= 11 is 0. The van der Waals surface area contributed by atoms with Gasteiger partial charge in [0.15, 0.2) is 5.58 Å². The van der Waals surface area contributed by atoms with Crippen LogP contribution in [0.4, 0.5) is 28.8 Å². The van der Waals surface area contributed by atoms with E-state index in [1.54, 1.807) is 36.3 Å². The van der Waals surface area contributed by atoms with E-state index in [-0.39, 0.29) is 5.91 Å². The van der Waals surface area contributed by atoms with Crippen LogP contribution < -0.4 is 21.3 Å². The van der Waals surface area contributed by atoms with Gasteiger partial charge in [0, 0.05) is 42.8 Å². The monoisotopic (exact) mass is 404 g/mol. The van der Waals surface area contributed by atoms with Gasteiger partial charge in [0.2, 0.25) is 11.9 Å². The Balaban J connectivity index is 1.53. The molecule has 2 aromatic heterocycles. The van der Waals surface area contributed by atoms with Gasteiger partial charge in [-0.05, 0) is 49.4 Å². The van der Waals surface area contributed by atoms with E-state index >= 15 is 0 Å². The van der Waals surface area contributed by atoms with Gasteiger partial charge < -0.3 is 20.0 Å². The molecule has 4 aromatic rings. The van der Waals surface area contributed by atoms with E-state index in [2.05, 4.69) is 25.6 Å². The maximum Gasteiger partial charge on any atom is 0.417 e. The van der Waals surface area contributed by atoms with Crippen LogP contribution in [0.1, 0.15) is 12.5 Å². The zero-order valence-electron chi connectivity index (χ0n) is 16.7. The summed E-state index contributed by atoms with van der Waals surface area (Å²) in [5.41, 5.74) is 4.30. The third-order valence-corrected chi connectivity index (χ3v) is 4.64. The molecule has 2 aromatic carbocycles. The van der Waals surface area contributed by atoms with Crippen LogP contribution in [0, 0.1) is 6.92 Å². The molecule has 0 aliphatic carbocycles. The Labute approximate surface area is 171 Å². The minimum absolute atomic E-state index is 0.0361. The van der Waals surface area contributed by atoms with E-state index < -0.39 is 5.76 Å². The summed E-state index contributed by atoms with van der Waals surface area (Å²) in [5.74, 6) is 0.525. The molecule has 0 spiro atoms. The van der Waals surface area contributed by atoms with Crippen molar-refractivity contribution in [1.29, 1.82) is 0 Å². The molecule has 0 unspecified atom stereocenters. The van der Waals surface area contributed by atoms with Gasteiger partial charge in [-0.25, -0.2) is 9.78 Å². The fraction of sp³-hybridized carbons (Fsp3) is 0.143. The van der Waals surface area contributed by atoms with Crippen molar-refractivity contribution in [1.82, 2.24) is 15.0 Å². The number of aromatic nitrogens is 3. The molecule has 9 nitrogen and oxygen atoms in total. The lowest BCUT2D eigenvalue weighted by Gasteiger charge is -2.15. The number of fused-ring (bicyclic) bond motifs is 1. The Morgan fingerprint density at radius 2 is 1.83 bits per heavy atom. The van der Waals surface area contributed by atoms with E-state index in [9.17, 15) is 9.59 Å². The lowest BCUT2D eigenvalue weighted by Crippen LogP contribution is -2.22. The standard InChI is InChI=1S/C21H20N6O3/c1-12-11-22-20(24-14-4-7-16(8-5-14)27(3)13(2)28)26-19(12)23-15-6-9-18-17(10-15)25-21(29)30-18/h4-11H,1-3H3,(H,25,29)(H2,22,23,24,26). The third kappa shape index (κ3) is 4.00. The van der Waals surface area contributed by atoms with Crippen molar-refractivity contribution in [3.05, 3.63) is 64.8 Å². The number of amides is 1. The predicted octanol–water partition coefficient (Wildman–Crippen LogP) is 3.69. The summed E-state index contributed by atoms with van der Waals surface area (Å²) in [6.45, 7) is 3.42. The average Bonchev–Trinajstić information content (AvgIpc) is 3.10. The second-order valence-electron chi connectivity index (χ2n) is 6.83. The number of aryl methyl sites for hydroxylation is 1. The first-order chi connectivity index (χ1) is 14.4. The normalized spacial score (nSPS) is 10.8. The predicted molar refractivity (Wildman–Crippen MR) is 116 cm³/mol. The minimum atomic E-state index is -0.493. The Morgan fingerprint density at radius 1 is 1.10 bits per heavy atom. The van der Waals surface area contributed by atoms with E-state index in [1.807, 2.05) is 31.2 Å². The maximum atomic E-state index is 11.5. The fourth-order valence-corrected chi connectivity index (χ4v) is 2.87. The Hall–Kier alpha value is -4.14. The summed E-state index contributed by atoms with van der Waals surface area (Å²) < 4.78 is 5.02. The number of benzene rings is 2. The van der Waals surface area contributed by atoms with Crippen molar-refractivity contribution in [3.63, 3.8) is 0 Å². The van der Waals surface area contributed by atoms with Gasteiger partial charge in [-0.1, -0.05) is 0 Å². The van der Waals surface area contributed by atoms with Gasteiger partial charge in [-0.3, -0.25) is 9.78 Å². The topological polar surface area (TPSA) is 116 Å². The number of H-pyrrole nitrogens is 1. The van der Waals surface area contributed by atoms with E-state index in [0.717, 1.165) is 22.6 Å². The number of oxazole rings is 1. The molecule has 0 aliphatic heterocycles. The molecule has 0 atom stereocenters. The number of carbonyl (C=O) groups excluding carboxylic acids is 1. The van der Waals surface area contributed by atoms with Crippen molar-refractivity contribution in [2.24, 2.45) is 0 Å². The second kappa shape index (κ2) is 7.70. The SMILES string of the molecule is CC(=O)N(C)c1ccc(Nc2ncc(C)c(Nc3ccc4oc(=O)[nH]c4c3)n2)cc1. The third-order valence-electron chi connectivity index (χ3n) is 4.64. The molecular weight excluding hydrogens is 384 g/mol. The molecule has 2 heterocycles. The quantitative estimate of drug-likeness (QED) is 0.464. The van der Waals surface area contributed by atoms with Gasteiger partial charge in [-0.15, -0.1) is 0 Å². The van der Waals surface area contributed by atoms with Gasteiger partial charge in [0.25, 0.3) is 0 Å². The molecule has 3 N–H and O–H groups in total. The molecular formula is C21H20N6O3. The van der Waals surface area contributed by atoms with E-state index in [4.69, 9.17) is 4.42 Å². The molecule has 152 valence electrons. The highest BCUT2D eigenvalue weighted by molar-refractivity contribution is 5.91. The first kappa shape index (κ1) is 19.2. The van der Waals surface area contributed by atoms with Crippen LogP contribution in [0.25, 0.3) is 11.1 Å². The highest BCUT2D eigenvalue weighted by Crippen LogP contribution is 2.24. The largest absolute Gasteiger partial charge is 0.417 e. The number of hydrogen-bond donors (Lipinski definition) is 3. The fourth-order valence-electron chi connectivity index (χ4n) is 2.87. The van der Waals surface area contributed by atoms with E-state index in [0.29, 0.717) is 22.9 Å². The van der Waals surface area contributed by atoms with Crippen LogP contribution in [0.2, 0.25) is 0 Å². The van der Waals surface area contributed by atoms with Crippen LogP contribution in [0.5, 0.6) is 0 Å². The van der Waals surface area contributed by atoms with Crippen molar-refractivity contribution in [2.75, 3.05) is 22.6 Å². The molecule has 0 saturated carbocycles. The van der Waals surface area contributed by atoms with Crippen LogP contribution in [-0.2, 0) is 4.79 Å². The Kier molecular flexibility index (Phi) is 4.93. The van der Waals surface area contributed by atoms with Crippen molar-refractivity contribution >= 4 is 45.8 Å². The Bertz CT molecular complexity index is 1280. The summed E-state index contributed by atoms with van der Waals surface area (Å²) in [5, 5.41) is 6.39. The number of anilines is 5. The van der Waals surface area contributed by atoms with Gasteiger partial charge in [0.05, 0.1) is 5.52 Å². The van der Waals surface area contributed by atoms with Gasteiger partial charge in [0.1, 0.15) is 5.82 Å². The number of nitrogens with one attached hydrogen (secondary N) is 3. The summed E-state index contributed by atoms with van der Waals surface area (Å²) in [6.07, 6.45) is 1.72. The maximum absolute atomic E-state index is 11.5. The molecule has 0 fully saturated rings. The van der Waals surface area contributed by atoms with Gasteiger partial charge in [-0.2, -0.15) is 4.98 Å². The highest BCUT2D eigenvalue weighted by atomic mass is 16.4. The van der Waals surface area contributed by atoms with Crippen molar-refractivity contribution < 1.29 is 9.21 Å². The molecule has 4 rings (SSSR count). The zero-order valence-corrected chi connectivity index (χ0v) is 16.7. The average molecular weight is 404 g/mol. The summed E-state index contributed by atoms with van der Waals surface area (Å²) in [4.78, 5) is 35.9. The van der Waals surface area contributed by atoms with Crippen LogP contribution in [0.15, 0.2) is 57.9 Å². The Morgan fingerprint density at radius 3 is 2.57 bits per heavy atom. The number of carbonyl (C=O) groups is 1.